The molecule has 3 amide bonds. The highest BCUT2D eigenvalue weighted by atomic mass is 16.5. The summed E-state index contributed by atoms with van der Waals surface area (Å²) in [5.74, 6) is -0.662. The van der Waals surface area contributed by atoms with Crippen LogP contribution in [0.25, 0.3) is 0 Å². The van der Waals surface area contributed by atoms with Crippen LogP contribution in [-0.4, -0.2) is 36.0 Å². The van der Waals surface area contributed by atoms with Gasteiger partial charge in [-0.1, -0.05) is 26.0 Å². The number of esters is 1. The van der Waals surface area contributed by atoms with E-state index in [0.29, 0.717) is 17.0 Å². The van der Waals surface area contributed by atoms with E-state index in [0.717, 1.165) is 5.56 Å². The van der Waals surface area contributed by atoms with Crippen molar-refractivity contribution in [3.05, 3.63) is 41.1 Å². The number of rotatable bonds is 5. The first-order valence-corrected chi connectivity index (χ1v) is 8.98. The lowest BCUT2D eigenvalue weighted by Crippen LogP contribution is -2.46. The van der Waals surface area contributed by atoms with Gasteiger partial charge in [-0.25, -0.2) is 9.59 Å². The topological polar surface area (TPSA) is 87.7 Å². The lowest BCUT2D eigenvalue weighted by Gasteiger charge is -2.33. The number of benzene rings is 1. The summed E-state index contributed by atoms with van der Waals surface area (Å²) >= 11 is 0. The summed E-state index contributed by atoms with van der Waals surface area (Å²) in [5, 5.41) is 5.65. The van der Waals surface area contributed by atoms with Crippen molar-refractivity contribution in [2.75, 3.05) is 12.4 Å². The number of carbonyl (C=O) groups excluding carboxylic acids is 3. The SMILES string of the molecule is CC1=C(C(=O)OC(C)C)[C@H](c2ccc(NC(=O)C(C)C)cc2)NC(=O)N1C. The molecule has 1 aliphatic rings. The minimum absolute atomic E-state index is 0.0766. The fraction of sp³-hybridized carbons (Fsp3) is 0.450. The number of carbonyl (C=O) groups is 3. The third-order valence-corrected chi connectivity index (χ3v) is 4.35. The molecule has 0 bridgehead atoms. The van der Waals surface area contributed by atoms with Crippen molar-refractivity contribution in [3.63, 3.8) is 0 Å². The molecule has 146 valence electrons. The fourth-order valence-corrected chi connectivity index (χ4v) is 2.67. The van der Waals surface area contributed by atoms with E-state index in [9.17, 15) is 14.4 Å². The lowest BCUT2D eigenvalue weighted by molar-refractivity contribution is -0.143. The van der Waals surface area contributed by atoms with Crippen molar-refractivity contribution >= 4 is 23.6 Å². The van der Waals surface area contributed by atoms with Gasteiger partial charge >= 0.3 is 12.0 Å². The Bertz CT molecular complexity index is 766. The molecule has 0 aliphatic carbocycles. The van der Waals surface area contributed by atoms with Gasteiger partial charge in [-0.05, 0) is 38.5 Å². The number of nitrogens with zero attached hydrogens (tertiary/aromatic N) is 1. The van der Waals surface area contributed by atoms with E-state index in [-0.39, 0.29) is 24.0 Å². The van der Waals surface area contributed by atoms with Crippen LogP contribution >= 0.6 is 0 Å². The van der Waals surface area contributed by atoms with Crippen LogP contribution in [-0.2, 0) is 14.3 Å². The van der Waals surface area contributed by atoms with Gasteiger partial charge in [-0.3, -0.25) is 4.79 Å². The molecule has 27 heavy (non-hydrogen) atoms. The van der Waals surface area contributed by atoms with Gasteiger partial charge in [0.15, 0.2) is 0 Å². The number of hydrogen-bond donors (Lipinski definition) is 2. The molecule has 2 N–H and O–H groups in total. The second-order valence-electron chi connectivity index (χ2n) is 7.16. The largest absolute Gasteiger partial charge is 0.459 e. The Kier molecular flexibility index (Phi) is 6.25. The molecule has 2 rings (SSSR count). The molecule has 0 saturated carbocycles. The van der Waals surface area contributed by atoms with E-state index in [2.05, 4.69) is 10.6 Å². The van der Waals surface area contributed by atoms with Gasteiger partial charge in [0.2, 0.25) is 5.91 Å². The Morgan fingerprint density at radius 2 is 1.74 bits per heavy atom. The van der Waals surface area contributed by atoms with Crippen LogP contribution in [0.1, 0.15) is 46.2 Å². The number of nitrogens with one attached hydrogen (secondary N) is 2. The zero-order valence-electron chi connectivity index (χ0n) is 16.6. The maximum absolute atomic E-state index is 12.6. The van der Waals surface area contributed by atoms with E-state index in [4.69, 9.17) is 4.74 Å². The number of ether oxygens (including phenoxy) is 1. The molecule has 0 unspecified atom stereocenters. The monoisotopic (exact) mass is 373 g/mol. The Balaban J connectivity index is 2.34. The maximum Gasteiger partial charge on any atom is 0.338 e. The van der Waals surface area contributed by atoms with Gasteiger partial charge in [-0.2, -0.15) is 0 Å². The summed E-state index contributed by atoms with van der Waals surface area (Å²) < 4.78 is 5.37. The molecule has 0 spiro atoms. The quantitative estimate of drug-likeness (QED) is 0.776. The summed E-state index contributed by atoms with van der Waals surface area (Å²) in [5.41, 5.74) is 2.33. The minimum atomic E-state index is -0.616. The molecule has 0 saturated heterocycles. The third kappa shape index (κ3) is 4.67. The molecular weight excluding hydrogens is 346 g/mol. The molecule has 0 aromatic heterocycles. The van der Waals surface area contributed by atoms with Crippen LogP contribution in [0.15, 0.2) is 35.5 Å². The molecule has 1 heterocycles. The average molecular weight is 373 g/mol. The highest BCUT2D eigenvalue weighted by Crippen LogP contribution is 2.31. The normalized spacial score (nSPS) is 17.3. The van der Waals surface area contributed by atoms with E-state index >= 15 is 0 Å². The van der Waals surface area contributed by atoms with Crippen LogP contribution in [0.4, 0.5) is 10.5 Å². The number of allylic oxidation sites excluding steroid dienone is 1. The van der Waals surface area contributed by atoms with Crippen molar-refractivity contribution in [2.45, 2.75) is 46.8 Å². The lowest BCUT2D eigenvalue weighted by atomic mass is 9.95. The summed E-state index contributed by atoms with van der Waals surface area (Å²) in [6.07, 6.45) is -0.269. The Morgan fingerprint density at radius 1 is 1.15 bits per heavy atom. The standard InChI is InChI=1S/C20H27N3O4/c1-11(2)18(24)21-15-9-7-14(8-10-15)17-16(19(25)27-12(3)4)13(5)23(6)20(26)22-17/h7-12,17H,1-6H3,(H,21,24)(H,22,26)/t17-/m0/s1. The molecule has 1 atom stereocenters. The third-order valence-electron chi connectivity index (χ3n) is 4.35. The Labute approximate surface area is 159 Å². The van der Waals surface area contributed by atoms with Crippen molar-refractivity contribution in [1.82, 2.24) is 10.2 Å². The molecule has 0 radical (unpaired) electrons. The van der Waals surface area contributed by atoms with E-state index < -0.39 is 12.0 Å². The summed E-state index contributed by atoms with van der Waals surface area (Å²) in [4.78, 5) is 38.1. The van der Waals surface area contributed by atoms with Crippen LogP contribution in [0.5, 0.6) is 0 Å². The fourth-order valence-electron chi connectivity index (χ4n) is 2.67. The molecular formula is C20H27N3O4. The highest BCUT2D eigenvalue weighted by molar-refractivity contribution is 5.95. The van der Waals surface area contributed by atoms with Crippen LogP contribution in [0.3, 0.4) is 0 Å². The predicted octanol–water partition coefficient (Wildman–Crippen LogP) is 3.20. The van der Waals surface area contributed by atoms with Crippen LogP contribution < -0.4 is 10.6 Å². The first kappa shape index (κ1) is 20.5. The summed E-state index contributed by atoms with van der Waals surface area (Å²) in [6.45, 7) is 8.91. The maximum atomic E-state index is 12.6. The van der Waals surface area contributed by atoms with E-state index in [1.54, 1.807) is 52.1 Å². The molecule has 0 fully saturated rings. The second-order valence-corrected chi connectivity index (χ2v) is 7.16. The first-order valence-electron chi connectivity index (χ1n) is 8.98. The number of hydrogen-bond acceptors (Lipinski definition) is 4. The van der Waals surface area contributed by atoms with Gasteiger partial charge in [0.25, 0.3) is 0 Å². The summed E-state index contributed by atoms with van der Waals surface area (Å²) in [6, 6.07) is 6.15. The zero-order chi connectivity index (χ0) is 20.3. The van der Waals surface area contributed by atoms with Gasteiger partial charge < -0.3 is 20.3 Å². The van der Waals surface area contributed by atoms with Crippen molar-refractivity contribution < 1.29 is 19.1 Å². The van der Waals surface area contributed by atoms with Gasteiger partial charge in [0.05, 0.1) is 17.7 Å². The predicted molar refractivity (Wildman–Crippen MR) is 103 cm³/mol. The number of amides is 3. The molecule has 1 aliphatic heterocycles. The summed E-state index contributed by atoms with van der Waals surface area (Å²) in [7, 11) is 1.61. The van der Waals surface area contributed by atoms with Crippen molar-refractivity contribution in [1.29, 1.82) is 0 Å². The van der Waals surface area contributed by atoms with E-state index in [1.807, 2.05) is 13.8 Å². The average Bonchev–Trinajstić information content (AvgIpc) is 2.59. The molecule has 7 nitrogen and oxygen atoms in total. The van der Waals surface area contributed by atoms with Crippen molar-refractivity contribution in [2.24, 2.45) is 5.92 Å². The number of urea groups is 1. The highest BCUT2D eigenvalue weighted by Gasteiger charge is 2.35. The van der Waals surface area contributed by atoms with Gasteiger partial charge in [0.1, 0.15) is 0 Å². The van der Waals surface area contributed by atoms with Crippen molar-refractivity contribution in [3.8, 4) is 0 Å². The zero-order valence-corrected chi connectivity index (χ0v) is 16.6. The first-order chi connectivity index (χ1) is 12.6. The van der Waals surface area contributed by atoms with Crippen LogP contribution in [0, 0.1) is 5.92 Å². The minimum Gasteiger partial charge on any atom is -0.459 e. The Morgan fingerprint density at radius 3 is 2.26 bits per heavy atom. The van der Waals surface area contributed by atoms with E-state index in [1.165, 1.54) is 4.90 Å². The number of anilines is 1. The van der Waals surface area contributed by atoms with Gasteiger partial charge in [0, 0.05) is 24.4 Å². The second kappa shape index (κ2) is 8.24. The smallest absolute Gasteiger partial charge is 0.338 e. The van der Waals surface area contributed by atoms with Crippen LogP contribution in [0.2, 0.25) is 0 Å². The molecule has 1 aromatic carbocycles. The Hall–Kier alpha value is -2.83. The molecule has 7 heteroatoms. The molecule has 1 aromatic rings. The van der Waals surface area contributed by atoms with Gasteiger partial charge in [-0.15, -0.1) is 0 Å².